The molecule has 1 saturated carbocycles. The summed E-state index contributed by atoms with van der Waals surface area (Å²) in [5.41, 5.74) is 0.107. The molecule has 1 spiro atoms. The Morgan fingerprint density at radius 3 is 2.85 bits per heavy atom. The fraction of sp³-hybridized carbons (Fsp3) is 0.684. The van der Waals surface area contributed by atoms with Crippen molar-refractivity contribution < 1.29 is 9.21 Å². The van der Waals surface area contributed by atoms with E-state index in [4.69, 9.17) is 4.42 Å². The van der Waals surface area contributed by atoms with Gasteiger partial charge in [0, 0.05) is 25.6 Å². The van der Waals surface area contributed by atoms with Crippen molar-refractivity contribution in [2.24, 2.45) is 11.3 Å². The molecule has 0 N–H and O–H groups in total. The van der Waals surface area contributed by atoms with Gasteiger partial charge in [0.25, 0.3) is 5.91 Å². The van der Waals surface area contributed by atoms with E-state index in [9.17, 15) is 4.79 Å². The van der Waals surface area contributed by atoms with Gasteiger partial charge in [-0.1, -0.05) is 33.1 Å². The van der Waals surface area contributed by atoms with Crippen molar-refractivity contribution in [2.75, 3.05) is 13.1 Å². The van der Waals surface area contributed by atoms with Crippen LogP contribution < -0.4 is 0 Å². The molecule has 7 nitrogen and oxygen atoms in total. The topological polar surface area (TPSA) is 77.1 Å². The molecule has 2 fully saturated rings. The molecule has 7 heteroatoms. The minimum absolute atomic E-state index is 0.0649. The Hall–Kier alpha value is -2.18. The van der Waals surface area contributed by atoms with Crippen LogP contribution in [0.2, 0.25) is 0 Å². The number of hydrogen-bond donors (Lipinski definition) is 0. The molecule has 26 heavy (non-hydrogen) atoms. The zero-order valence-corrected chi connectivity index (χ0v) is 15.6. The van der Waals surface area contributed by atoms with Gasteiger partial charge in [-0.15, -0.1) is 10.2 Å². The summed E-state index contributed by atoms with van der Waals surface area (Å²) in [5.74, 6) is 2.05. The Morgan fingerprint density at radius 1 is 1.35 bits per heavy atom. The number of rotatable bonds is 4. The molecule has 0 radical (unpaired) electrons. The van der Waals surface area contributed by atoms with Crippen molar-refractivity contribution in [3.63, 3.8) is 0 Å². The van der Waals surface area contributed by atoms with E-state index >= 15 is 0 Å². The molecule has 0 bridgehead atoms. The molecule has 0 aromatic carbocycles. The molecular weight excluding hydrogens is 330 g/mol. The van der Waals surface area contributed by atoms with E-state index in [0.29, 0.717) is 18.2 Å². The molecule has 4 rings (SSSR count). The van der Waals surface area contributed by atoms with Gasteiger partial charge in [0.1, 0.15) is 12.2 Å². The number of amides is 1. The Bertz CT molecular complexity index is 746. The lowest BCUT2D eigenvalue weighted by Gasteiger charge is -2.37. The van der Waals surface area contributed by atoms with E-state index in [2.05, 4.69) is 33.6 Å². The van der Waals surface area contributed by atoms with Crippen LogP contribution in [-0.2, 0) is 6.54 Å². The zero-order chi connectivity index (χ0) is 18.1. The number of nitrogens with zero attached hydrogens (tertiary/aromatic N) is 5. The Balaban J connectivity index is 1.65. The second kappa shape index (κ2) is 6.85. The standard InChI is InChI=1S/C19H27N5O2/c1-14(2)9-24-12-21-22-17(24)15-10-23(18(25)16-8-20-13-26-16)11-19(15)6-4-3-5-7-19/h8,12-15H,3-7,9-11H2,1-2H3. The molecule has 2 aliphatic rings. The largest absolute Gasteiger partial charge is 0.438 e. The smallest absolute Gasteiger partial charge is 0.291 e. The maximum atomic E-state index is 12.9. The van der Waals surface area contributed by atoms with Crippen molar-refractivity contribution in [1.82, 2.24) is 24.6 Å². The first kappa shape index (κ1) is 17.2. The normalized spacial score (nSPS) is 22.4. The monoisotopic (exact) mass is 357 g/mol. The predicted octanol–water partition coefficient (Wildman–Crippen LogP) is 3.11. The van der Waals surface area contributed by atoms with E-state index in [1.165, 1.54) is 31.9 Å². The van der Waals surface area contributed by atoms with Gasteiger partial charge in [0.15, 0.2) is 6.39 Å². The molecule has 1 saturated heterocycles. The molecule has 2 aromatic heterocycles. The number of aromatic nitrogens is 4. The van der Waals surface area contributed by atoms with Crippen molar-refractivity contribution in [1.29, 1.82) is 0 Å². The molecule has 1 aliphatic heterocycles. The van der Waals surface area contributed by atoms with Crippen LogP contribution in [0.25, 0.3) is 0 Å². The zero-order valence-electron chi connectivity index (χ0n) is 15.6. The number of hydrogen-bond acceptors (Lipinski definition) is 5. The number of likely N-dealkylation sites (tertiary alicyclic amines) is 1. The van der Waals surface area contributed by atoms with E-state index in [-0.39, 0.29) is 17.2 Å². The first-order valence-electron chi connectivity index (χ1n) is 9.64. The highest BCUT2D eigenvalue weighted by molar-refractivity contribution is 5.91. The first-order chi connectivity index (χ1) is 12.6. The third-order valence-electron chi connectivity index (χ3n) is 5.95. The van der Waals surface area contributed by atoms with Gasteiger partial charge in [-0.05, 0) is 24.2 Å². The number of carbonyl (C=O) groups is 1. The molecule has 1 amide bonds. The van der Waals surface area contributed by atoms with Gasteiger partial charge >= 0.3 is 0 Å². The summed E-state index contributed by atoms with van der Waals surface area (Å²) in [6.45, 7) is 6.76. The Labute approximate surface area is 153 Å². The lowest BCUT2D eigenvalue weighted by atomic mass is 9.67. The van der Waals surface area contributed by atoms with Crippen molar-refractivity contribution in [2.45, 2.75) is 58.4 Å². The summed E-state index contributed by atoms with van der Waals surface area (Å²) in [5, 5.41) is 8.70. The molecule has 1 atom stereocenters. The summed E-state index contributed by atoms with van der Waals surface area (Å²) >= 11 is 0. The molecule has 3 heterocycles. The third kappa shape index (κ3) is 3.04. The van der Waals surface area contributed by atoms with Gasteiger partial charge in [0.2, 0.25) is 5.76 Å². The fourth-order valence-electron chi connectivity index (χ4n) is 4.79. The van der Waals surface area contributed by atoms with Crippen LogP contribution in [0.1, 0.15) is 68.2 Å². The van der Waals surface area contributed by atoms with E-state index in [1.54, 1.807) is 0 Å². The molecule has 1 unspecified atom stereocenters. The summed E-state index contributed by atoms with van der Waals surface area (Å²) in [6.07, 6.45) is 10.7. The Kier molecular flexibility index (Phi) is 4.54. The van der Waals surface area contributed by atoms with Gasteiger partial charge in [-0.25, -0.2) is 4.98 Å². The lowest BCUT2D eigenvalue weighted by molar-refractivity contribution is 0.0727. The van der Waals surface area contributed by atoms with Crippen LogP contribution in [0.15, 0.2) is 23.3 Å². The van der Waals surface area contributed by atoms with Gasteiger partial charge < -0.3 is 13.9 Å². The van der Waals surface area contributed by atoms with Crippen LogP contribution in [-0.4, -0.2) is 43.6 Å². The molecule has 140 valence electrons. The second-order valence-electron chi connectivity index (χ2n) is 8.26. The fourth-order valence-corrected chi connectivity index (χ4v) is 4.79. The summed E-state index contributed by atoms with van der Waals surface area (Å²) in [4.78, 5) is 18.7. The highest BCUT2D eigenvalue weighted by atomic mass is 16.3. The number of oxazole rings is 1. The molecular formula is C19H27N5O2. The summed E-state index contributed by atoms with van der Waals surface area (Å²) < 4.78 is 7.44. The SMILES string of the molecule is CC(C)Cn1cnnc1C1CN(C(=O)c2cnco2)CC12CCCCC2. The van der Waals surface area contributed by atoms with Crippen molar-refractivity contribution in [3.05, 3.63) is 30.5 Å². The average Bonchev–Trinajstić information content (AvgIpc) is 3.35. The van der Waals surface area contributed by atoms with Crippen molar-refractivity contribution >= 4 is 5.91 Å². The highest BCUT2D eigenvalue weighted by Crippen LogP contribution is 2.51. The summed E-state index contributed by atoms with van der Waals surface area (Å²) in [7, 11) is 0. The van der Waals surface area contributed by atoms with Crippen LogP contribution in [0.4, 0.5) is 0 Å². The number of carbonyl (C=O) groups excluding carboxylic acids is 1. The van der Waals surface area contributed by atoms with Gasteiger partial charge in [-0.3, -0.25) is 4.79 Å². The average molecular weight is 357 g/mol. The van der Waals surface area contributed by atoms with Gasteiger partial charge in [-0.2, -0.15) is 0 Å². The minimum Gasteiger partial charge on any atom is -0.438 e. The first-order valence-corrected chi connectivity index (χ1v) is 9.64. The van der Waals surface area contributed by atoms with Crippen LogP contribution >= 0.6 is 0 Å². The van der Waals surface area contributed by atoms with Crippen LogP contribution in [0.5, 0.6) is 0 Å². The molecule has 1 aliphatic carbocycles. The second-order valence-corrected chi connectivity index (χ2v) is 8.26. The van der Waals surface area contributed by atoms with Crippen molar-refractivity contribution in [3.8, 4) is 0 Å². The maximum Gasteiger partial charge on any atom is 0.291 e. The van der Waals surface area contributed by atoms with E-state index < -0.39 is 0 Å². The van der Waals surface area contributed by atoms with Gasteiger partial charge in [0.05, 0.1) is 6.20 Å². The highest BCUT2D eigenvalue weighted by Gasteiger charge is 2.51. The van der Waals surface area contributed by atoms with E-state index in [0.717, 1.165) is 31.8 Å². The van der Waals surface area contributed by atoms with Crippen LogP contribution in [0, 0.1) is 11.3 Å². The van der Waals surface area contributed by atoms with E-state index in [1.807, 2.05) is 11.2 Å². The quantitative estimate of drug-likeness (QED) is 0.840. The lowest BCUT2D eigenvalue weighted by Crippen LogP contribution is -2.34. The summed E-state index contributed by atoms with van der Waals surface area (Å²) in [6, 6.07) is 0. The maximum absolute atomic E-state index is 12.9. The molecule has 2 aromatic rings. The van der Waals surface area contributed by atoms with Crippen LogP contribution in [0.3, 0.4) is 0 Å². The minimum atomic E-state index is -0.0649. The Morgan fingerprint density at radius 2 is 2.15 bits per heavy atom. The third-order valence-corrected chi connectivity index (χ3v) is 5.95. The predicted molar refractivity (Wildman–Crippen MR) is 95.5 cm³/mol.